The molecule has 4 heteroatoms. The van der Waals surface area contributed by atoms with Crippen molar-refractivity contribution in [3.05, 3.63) is 126 Å². The Morgan fingerprint density at radius 3 is 1.97 bits per heavy atom. The molecule has 0 amide bonds. The Kier molecular flexibility index (Phi) is 6.92. The number of allylic oxidation sites excluding steroid dienone is 1. The van der Waals surface area contributed by atoms with E-state index in [9.17, 15) is 5.26 Å². The second-order valence-corrected chi connectivity index (χ2v) is 7.14. The van der Waals surface area contributed by atoms with Crippen LogP contribution in [0.3, 0.4) is 0 Å². The van der Waals surface area contributed by atoms with Crippen molar-refractivity contribution in [1.82, 2.24) is 4.98 Å². The van der Waals surface area contributed by atoms with Gasteiger partial charge in [-0.2, -0.15) is 5.26 Å². The van der Waals surface area contributed by atoms with Crippen LogP contribution in [0.25, 0.3) is 11.6 Å². The molecule has 4 aromatic rings. The van der Waals surface area contributed by atoms with Crippen LogP contribution in [0.1, 0.15) is 22.4 Å². The van der Waals surface area contributed by atoms with Crippen LogP contribution >= 0.6 is 0 Å². The summed E-state index contributed by atoms with van der Waals surface area (Å²) in [6, 6.07) is 33.4. The van der Waals surface area contributed by atoms with Crippen molar-refractivity contribution in [2.24, 2.45) is 0 Å². The maximum Gasteiger partial charge on any atom is 0.162 e. The van der Waals surface area contributed by atoms with Gasteiger partial charge in [-0.1, -0.05) is 72.8 Å². The SMILES string of the molecule is N#C/C(=C/c1ccc(OCc2ccccc2)c(OCc2ccccc2)c1)c1ccccn1. The summed E-state index contributed by atoms with van der Waals surface area (Å²) in [5.41, 5.74) is 4.09. The summed E-state index contributed by atoms with van der Waals surface area (Å²) in [4.78, 5) is 4.28. The van der Waals surface area contributed by atoms with Gasteiger partial charge in [0.2, 0.25) is 0 Å². The van der Waals surface area contributed by atoms with Crippen LogP contribution < -0.4 is 9.47 Å². The molecule has 0 N–H and O–H groups in total. The Bertz CT molecular complexity index is 1210. The molecule has 0 aliphatic heterocycles. The summed E-state index contributed by atoms with van der Waals surface area (Å²) >= 11 is 0. The van der Waals surface area contributed by atoms with Crippen molar-refractivity contribution in [1.29, 1.82) is 5.26 Å². The van der Waals surface area contributed by atoms with E-state index in [2.05, 4.69) is 11.1 Å². The Balaban J connectivity index is 1.60. The van der Waals surface area contributed by atoms with Crippen LogP contribution in [0.2, 0.25) is 0 Å². The quantitative estimate of drug-likeness (QED) is 0.315. The largest absolute Gasteiger partial charge is 0.485 e. The summed E-state index contributed by atoms with van der Waals surface area (Å²) in [5, 5.41) is 9.61. The molecule has 0 fully saturated rings. The van der Waals surface area contributed by atoms with Gasteiger partial charge in [0.15, 0.2) is 11.5 Å². The lowest BCUT2D eigenvalue weighted by molar-refractivity contribution is 0.256. The highest BCUT2D eigenvalue weighted by Gasteiger charge is 2.09. The Morgan fingerprint density at radius 1 is 0.750 bits per heavy atom. The van der Waals surface area contributed by atoms with E-state index in [1.807, 2.05) is 97.1 Å². The first-order chi connectivity index (χ1) is 15.8. The van der Waals surface area contributed by atoms with Crippen LogP contribution in [-0.4, -0.2) is 4.98 Å². The van der Waals surface area contributed by atoms with Crippen LogP contribution in [0.15, 0.2) is 103 Å². The molecule has 0 aliphatic rings. The molecule has 0 aliphatic carbocycles. The third-order valence-electron chi connectivity index (χ3n) is 4.81. The van der Waals surface area contributed by atoms with Crippen molar-refractivity contribution in [3.8, 4) is 17.6 Å². The summed E-state index contributed by atoms with van der Waals surface area (Å²) in [7, 11) is 0. The van der Waals surface area contributed by atoms with E-state index in [0.717, 1.165) is 16.7 Å². The maximum atomic E-state index is 9.61. The minimum atomic E-state index is 0.418. The lowest BCUT2D eigenvalue weighted by atomic mass is 10.1. The monoisotopic (exact) mass is 418 g/mol. The molecule has 4 rings (SSSR count). The zero-order chi connectivity index (χ0) is 22.0. The Hall–Kier alpha value is -4.36. The molecule has 0 unspecified atom stereocenters. The van der Waals surface area contributed by atoms with Gasteiger partial charge in [0.1, 0.15) is 19.3 Å². The van der Waals surface area contributed by atoms with E-state index in [0.29, 0.717) is 36.0 Å². The molecule has 0 radical (unpaired) electrons. The highest BCUT2D eigenvalue weighted by Crippen LogP contribution is 2.31. The van der Waals surface area contributed by atoms with Crippen molar-refractivity contribution in [2.75, 3.05) is 0 Å². The molecule has 0 saturated carbocycles. The van der Waals surface area contributed by atoms with Gasteiger partial charge in [-0.05, 0) is 47.0 Å². The van der Waals surface area contributed by atoms with Crippen molar-refractivity contribution in [3.63, 3.8) is 0 Å². The van der Waals surface area contributed by atoms with Gasteiger partial charge in [0, 0.05) is 6.20 Å². The predicted molar refractivity (Wildman–Crippen MR) is 126 cm³/mol. The molecule has 3 aromatic carbocycles. The van der Waals surface area contributed by atoms with Crippen molar-refractivity contribution >= 4 is 11.6 Å². The average Bonchev–Trinajstić information content (AvgIpc) is 2.87. The number of pyridine rings is 1. The number of rotatable bonds is 8. The number of benzene rings is 3. The van der Waals surface area contributed by atoms with Crippen LogP contribution in [-0.2, 0) is 13.2 Å². The van der Waals surface area contributed by atoms with Gasteiger partial charge in [0.25, 0.3) is 0 Å². The summed E-state index contributed by atoms with van der Waals surface area (Å²) in [5.74, 6) is 1.27. The molecular weight excluding hydrogens is 396 g/mol. The normalized spacial score (nSPS) is 10.9. The Morgan fingerprint density at radius 2 is 1.38 bits per heavy atom. The highest BCUT2D eigenvalue weighted by molar-refractivity contribution is 5.88. The number of hydrogen-bond donors (Lipinski definition) is 0. The Labute approximate surface area is 188 Å². The highest BCUT2D eigenvalue weighted by atomic mass is 16.5. The van der Waals surface area contributed by atoms with E-state index in [1.165, 1.54) is 0 Å². The standard InChI is InChI=1S/C28H22N2O2/c29-19-25(26-13-7-8-16-30-26)17-24-14-15-27(31-20-22-9-3-1-4-10-22)28(18-24)32-21-23-11-5-2-6-12-23/h1-18H,20-21H2/b25-17-. The van der Waals surface area contributed by atoms with Crippen LogP contribution in [0.4, 0.5) is 0 Å². The summed E-state index contributed by atoms with van der Waals surface area (Å²) < 4.78 is 12.2. The topological polar surface area (TPSA) is 55.1 Å². The van der Waals surface area contributed by atoms with Gasteiger partial charge in [0.05, 0.1) is 11.3 Å². The fourth-order valence-electron chi connectivity index (χ4n) is 3.17. The molecule has 1 heterocycles. The van der Waals surface area contributed by atoms with E-state index in [1.54, 1.807) is 12.3 Å². The fourth-order valence-corrected chi connectivity index (χ4v) is 3.17. The third-order valence-corrected chi connectivity index (χ3v) is 4.81. The number of nitrogens with zero attached hydrogens (tertiary/aromatic N) is 2. The lowest BCUT2D eigenvalue weighted by Crippen LogP contribution is -2.01. The molecule has 0 atom stereocenters. The molecule has 0 saturated heterocycles. The van der Waals surface area contributed by atoms with Crippen LogP contribution in [0, 0.1) is 11.3 Å². The van der Waals surface area contributed by atoms with E-state index in [-0.39, 0.29) is 0 Å². The first-order valence-corrected chi connectivity index (χ1v) is 10.3. The van der Waals surface area contributed by atoms with Crippen molar-refractivity contribution in [2.45, 2.75) is 13.2 Å². The minimum absolute atomic E-state index is 0.418. The summed E-state index contributed by atoms with van der Waals surface area (Å²) in [6.45, 7) is 0.857. The zero-order valence-electron chi connectivity index (χ0n) is 17.5. The van der Waals surface area contributed by atoms with Gasteiger partial charge in [-0.25, -0.2) is 0 Å². The van der Waals surface area contributed by atoms with Gasteiger partial charge in [-0.3, -0.25) is 4.98 Å². The molecule has 1 aromatic heterocycles. The number of hydrogen-bond acceptors (Lipinski definition) is 4. The molecule has 156 valence electrons. The fraction of sp³-hybridized carbons (Fsp3) is 0.0714. The first kappa shape index (κ1) is 20.9. The van der Waals surface area contributed by atoms with Crippen LogP contribution in [0.5, 0.6) is 11.5 Å². The smallest absolute Gasteiger partial charge is 0.162 e. The molecule has 0 bridgehead atoms. The molecular formula is C28H22N2O2. The lowest BCUT2D eigenvalue weighted by Gasteiger charge is -2.14. The molecule has 32 heavy (non-hydrogen) atoms. The van der Waals surface area contributed by atoms with E-state index in [4.69, 9.17) is 9.47 Å². The molecule has 4 nitrogen and oxygen atoms in total. The minimum Gasteiger partial charge on any atom is -0.485 e. The average molecular weight is 418 g/mol. The van der Waals surface area contributed by atoms with E-state index < -0.39 is 0 Å². The van der Waals surface area contributed by atoms with Gasteiger partial charge in [-0.15, -0.1) is 0 Å². The molecule has 0 spiro atoms. The zero-order valence-corrected chi connectivity index (χ0v) is 17.5. The van der Waals surface area contributed by atoms with Gasteiger partial charge >= 0.3 is 0 Å². The third kappa shape index (κ3) is 5.62. The van der Waals surface area contributed by atoms with Gasteiger partial charge < -0.3 is 9.47 Å². The number of ether oxygens (including phenoxy) is 2. The number of aromatic nitrogens is 1. The second kappa shape index (κ2) is 10.6. The second-order valence-electron chi connectivity index (χ2n) is 7.14. The van der Waals surface area contributed by atoms with E-state index >= 15 is 0 Å². The maximum absolute atomic E-state index is 9.61. The summed E-state index contributed by atoms with van der Waals surface area (Å²) in [6.07, 6.45) is 3.48. The van der Waals surface area contributed by atoms with Crippen molar-refractivity contribution < 1.29 is 9.47 Å². The predicted octanol–water partition coefficient (Wildman–Crippen LogP) is 6.30. The number of nitriles is 1. The first-order valence-electron chi connectivity index (χ1n) is 10.3.